The molecule has 0 aromatic heterocycles. The van der Waals surface area contributed by atoms with Crippen molar-refractivity contribution in [2.24, 2.45) is 17.8 Å². The molecule has 0 aliphatic carbocycles. The van der Waals surface area contributed by atoms with Crippen LogP contribution in [-0.2, 0) is 23.9 Å². The molecule has 0 aromatic carbocycles. The fourth-order valence-corrected chi connectivity index (χ4v) is 6.67. The number of likely N-dealkylation sites (tertiary alicyclic amines) is 1. The molecule has 3 aliphatic rings. The van der Waals surface area contributed by atoms with E-state index in [1.165, 1.54) is 6.08 Å². The van der Waals surface area contributed by atoms with Crippen molar-refractivity contribution in [2.45, 2.75) is 96.1 Å². The van der Waals surface area contributed by atoms with Crippen molar-refractivity contribution in [2.75, 3.05) is 19.8 Å². The second kappa shape index (κ2) is 10.3. The molecule has 36 heavy (non-hydrogen) atoms. The Bertz CT molecular complexity index is 897. The van der Waals surface area contributed by atoms with Crippen molar-refractivity contribution in [1.29, 1.82) is 0 Å². The normalized spacial score (nSPS) is 32.7. The van der Waals surface area contributed by atoms with Crippen LogP contribution in [0.1, 0.15) is 67.2 Å². The first-order valence-corrected chi connectivity index (χ1v) is 13.2. The van der Waals surface area contributed by atoms with E-state index in [9.17, 15) is 19.5 Å². The van der Waals surface area contributed by atoms with Crippen LogP contribution in [0.15, 0.2) is 25.3 Å². The highest BCUT2D eigenvalue weighted by atomic mass is 16.6. The number of aliphatic hydroxyl groups is 1. The molecule has 3 rings (SSSR count). The van der Waals surface area contributed by atoms with Gasteiger partial charge in [-0.15, -0.1) is 6.58 Å². The second-order valence-corrected chi connectivity index (χ2v) is 11.5. The Morgan fingerprint density at radius 3 is 2.44 bits per heavy atom. The number of aliphatic hydroxyl groups excluding tert-OH is 1. The zero-order valence-corrected chi connectivity index (χ0v) is 22.8. The van der Waals surface area contributed by atoms with Gasteiger partial charge in [-0.2, -0.15) is 0 Å². The summed E-state index contributed by atoms with van der Waals surface area (Å²) < 4.78 is 12.2. The molecule has 0 saturated carbocycles. The fraction of sp³-hybridized carbons (Fsp3) is 0.750. The molecule has 0 aromatic rings. The number of nitrogens with zero attached hydrogens (tertiary/aromatic N) is 2. The van der Waals surface area contributed by atoms with Gasteiger partial charge in [0.1, 0.15) is 24.2 Å². The van der Waals surface area contributed by atoms with Gasteiger partial charge in [-0.1, -0.05) is 45.9 Å². The minimum atomic E-state index is -1.16. The third kappa shape index (κ3) is 4.20. The molecule has 7 atom stereocenters. The van der Waals surface area contributed by atoms with Crippen LogP contribution in [0.5, 0.6) is 0 Å². The lowest BCUT2D eigenvalue weighted by Crippen LogP contribution is -2.62. The number of hydrogen-bond acceptors (Lipinski definition) is 6. The number of esters is 1. The highest BCUT2D eigenvalue weighted by molar-refractivity contribution is 5.99. The molecule has 2 amide bonds. The van der Waals surface area contributed by atoms with E-state index in [0.29, 0.717) is 32.2 Å². The van der Waals surface area contributed by atoms with Crippen molar-refractivity contribution in [3.63, 3.8) is 0 Å². The summed E-state index contributed by atoms with van der Waals surface area (Å²) in [5.41, 5.74) is -2.56. The van der Waals surface area contributed by atoms with Gasteiger partial charge in [0.25, 0.3) is 0 Å². The Hall–Kier alpha value is -2.19. The third-order valence-electron chi connectivity index (χ3n) is 8.68. The summed E-state index contributed by atoms with van der Waals surface area (Å²) in [6.07, 6.45) is 5.46. The minimum absolute atomic E-state index is 0.0401. The summed E-state index contributed by atoms with van der Waals surface area (Å²) in [5, 5.41) is 10.4. The highest BCUT2D eigenvalue weighted by Gasteiger charge is 2.79. The molecule has 3 saturated heterocycles. The minimum Gasteiger partial charge on any atom is -0.461 e. The molecule has 8 heteroatoms. The molecular formula is C28H44N2O6. The van der Waals surface area contributed by atoms with Gasteiger partial charge in [-0.05, 0) is 46.0 Å². The van der Waals surface area contributed by atoms with Crippen LogP contribution in [0.25, 0.3) is 0 Å². The van der Waals surface area contributed by atoms with E-state index >= 15 is 0 Å². The Kier molecular flexibility index (Phi) is 8.11. The summed E-state index contributed by atoms with van der Waals surface area (Å²) in [4.78, 5) is 45.4. The van der Waals surface area contributed by atoms with E-state index in [1.54, 1.807) is 15.9 Å². The summed E-state index contributed by atoms with van der Waals surface area (Å²) in [6, 6.07) is -1.53. The molecule has 1 N–H and O–H groups in total. The molecule has 1 spiro atoms. The second-order valence-electron chi connectivity index (χ2n) is 11.5. The fourth-order valence-electron chi connectivity index (χ4n) is 6.67. The molecule has 0 radical (unpaired) electrons. The standard InChI is InChI=1S/C28H44N2O6/c1-9-15-29(26(6,7)8)24(33)22-28-14-13-27(12-4,36-28)21(25(34)35-16-10-2)20(28)23(32)30(22)19(17-31)18(5)11-3/h9-10,18-22,31H,1-2,11-17H2,3-8H3/t18-,19-,20-,21-,22?,27+,28?/m0/s1. The molecular weight excluding hydrogens is 460 g/mol. The van der Waals surface area contributed by atoms with Crippen molar-refractivity contribution in [1.82, 2.24) is 9.80 Å². The lowest BCUT2D eigenvalue weighted by molar-refractivity contribution is -0.165. The SMILES string of the molecule is C=CCOC(=O)[C@@H]1[C@H]2C(=O)N([C@@H](CO)[C@@H](C)CC)C(C(=O)N(CC=C)C(C)(C)C)C23CC[C@@]1(CC)O3. The van der Waals surface area contributed by atoms with Crippen LogP contribution in [-0.4, -0.2) is 81.3 Å². The zero-order chi connectivity index (χ0) is 27.1. The van der Waals surface area contributed by atoms with Gasteiger partial charge >= 0.3 is 5.97 Å². The lowest BCUT2D eigenvalue weighted by atomic mass is 9.65. The number of fused-ring (bicyclic) bond motifs is 1. The Morgan fingerprint density at radius 1 is 1.28 bits per heavy atom. The van der Waals surface area contributed by atoms with Crippen molar-refractivity contribution >= 4 is 17.8 Å². The molecule has 2 bridgehead atoms. The lowest BCUT2D eigenvalue weighted by Gasteiger charge is -2.44. The average Bonchev–Trinajstić information content (AvgIpc) is 3.44. The largest absolute Gasteiger partial charge is 0.461 e. The van der Waals surface area contributed by atoms with Gasteiger partial charge in [-0.3, -0.25) is 14.4 Å². The highest BCUT2D eigenvalue weighted by Crippen LogP contribution is 2.65. The van der Waals surface area contributed by atoms with Crippen LogP contribution >= 0.6 is 0 Å². The molecule has 2 unspecified atom stereocenters. The van der Waals surface area contributed by atoms with Crippen LogP contribution in [0.2, 0.25) is 0 Å². The number of ether oxygens (including phenoxy) is 2. The number of rotatable bonds is 11. The van der Waals surface area contributed by atoms with Crippen LogP contribution < -0.4 is 0 Å². The van der Waals surface area contributed by atoms with E-state index in [2.05, 4.69) is 13.2 Å². The van der Waals surface area contributed by atoms with Crippen LogP contribution in [0.4, 0.5) is 0 Å². The van der Waals surface area contributed by atoms with E-state index in [0.717, 1.165) is 0 Å². The predicted octanol–water partition coefficient (Wildman–Crippen LogP) is 3.09. The number of carbonyl (C=O) groups is 3. The van der Waals surface area contributed by atoms with E-state index in [1.807, 2.05) is 41.5 Å². The third-order valence-corrected chi connectivity index (χ3v) is 8.68. The zero-order valence-electron chi connectivity index (χ0n) is 22.8. The topological polar surface area (TPSA) is 96.4 Å². The van der Waals surface area contributed by atoms with Crippen molar-refractivity contribution in [3.8, 4) is 0 Å². The quantitative estimate of drug-likeness (QED) is 0.343. The molecule has 3 aliphatic heterocycles. The maximum Gasteiger partial charge on any atom is 0.313 e. The Labute approximate surface area is 215 Å². The number of carbonyl (C=O) groups excluding carboxylic acids is 3. The van der Waals surface area contributed by atoms with Gasteiger partial charge < -0.3 is 24.4 Å². The first-order valence-electron chi connectivity index (χ1n) is 13.2. The van der Waals surface area contributed by atoms with Gasteiger partial charge in [-0.25, -0.2) is 0 Å². The van der Waals surface area contributed by atoms with Crippen molar-refractivity contribution in [3.05, 3.63) is 25.3 Å². The summed E-state index contributed by atoms with van der Waals surface area (Å²) in [6.45, 7) is 19.3. The Morgan fingerprint density at radius 2 is 1.94 bits per heavy atom. The van der Waals surface area contributed by atoms with Crippen molar-refractivity contribution < 1.29 is 29.0 Å². The van der Waals surface area contributed by atoms with Crippen LogP contribution in [0, 0.1) is 17.8 Å². The summed E-state index contributed by atoms with van der Waals surface area (Å²) in [5.74, 6) is -2.77. The first-order chi connectivity index (χ1) is 16.9. The smallest absolute Gasteiger partial charge is 0.313 e. The number of hydrogen-bond donors (Lipinski definition) is 1. The van der Waals surface area contributed by atoms with E-state index in [4.69, 9.17) is 9.47 Å². The number of amides is 2. The summed E-state index contributed by atoms with van der Waals surface area (Å²) >= 11 is 0. The van der Waals surface area contributed by atoms with Gasteiger partial charge in [0.05, 0.1) is 24.2 Å². The molecule has 3 heterocycles. The molecule has 3 fully saturated rings. The first kappa shape index (κ1) is 28.4. The van der Waals surface area contributed by atoms with Gasteiger partial charge in [0.2, 0.25) is 11.8 Å². The maximum atomic E-state index is 14.4. The van der Waals surface area contributed by atoms with E-state index < -0.39 is 46.6 Å². The average molecular weight is 505 g/mol. The Balaban J connectivity index is 2.21. The maximum absolute atomic E-state index is 14.4. The van der Waals surface area contributed by atoms with Crippen LogP contribution in [0.3, 0.4) is 0 Å². The summed E-state index contributed by atoms with van der Waals surface area (Å²) in [7, 11) is 0. The van der Waals surface area contributed by atoms with E-state index in [-0.39, 0.29) is 30.9 Å². The predicted molar refractivity (Wildman–Crippen MR) is 137 cm³/mol. The van der Waals surface area contributed by atoms with Gasteiger partial charge in [0, 0.05) is 12.1 Å². The molecule has 8 nitrogen and oxygen atoms in total. The molecule has 202 valence electrons. The van der Waals surface area contributed by atoms with Gasteiger partial charge in [0.15, 0.2) is 0 Å². The monoisotopic (exact) mass is 504 g/mol.